The SMILES string of the molecule is CC[C@@H](C)NC(=O)c1ccc([C@@H]2SCC(=O)N2Cc2ccco2)cc1. The standard InChI is InChI=1S/C19H22N2O3S/c1-3-13(2)20-18(23)14-6-8-15(9-7-14)19-21(17(22)12-25-19)11-16-5-4-10-24-16/h4-10,13,19H,3,11-12H2,1-2H3,(H,20,23)/t13-,19+/m1/s1. The second-order valence-electron chi connectivity index (χ2n) is 6.17. The molecule has 5 nitrogen and oxygen atoms in total. The van der Waals surface area contributed by atoms with Crippen LogP contribution in [0.5, 0.6) is 0 Å². The highest BCUT2D eigenvalue weighted by molar-refractivity contribution is 8.00. The van der Waals surface area contributed by atoms with E-state index in [1.165, 1.54) is 0 Å². The van der Waals surface area contributed by atoms with E-state index >= 15 is 0 Å². The number of nitrogens with one attached hydrogen (secondary N) is 1. The van der Waals surface area contributed by atoms with Gasteiger partial charge < -0.3 is 14.6 Å². The fourth-order valence-electron chi connectivity index (χ4n) is 2.68. The third-order valence-electron chi connectivity index (χ3n) is 4.32. The number of rotatable bonds is 6. The van der Waals surface area contributed by atoms with E-state index in [-0.39, 0.29) is 23.2 Å². The topological polar surface area (TPSA) is 62.6 Å². The van der Waals surface area contributed by atoms with Crippen LogP contribution in [0, 0.1) is 0 Å². The monoisotopic (exact) mass is 358 g/mol. The van der Waals surface area contributed by atoms with Crippen LogP contribution in [-0.2, 0) is 11.3 Å². The second kappa shape index (κ2) is 7.78. The molecule has 132 valence electrons. The van der Waals surface area contributed by atoms with E-state index in [1.807, 2.05) is 55.1 Å². The Balaban J connectivity index is 1.72. The summed E-state index contributed by atoms with van der Waals surface area (Å²) in [5, 5.41) is 2.91. The van der Waals surface area contributed by atoms with Crippen LogP contribution in [0.1, 0.15) is 47.3 Å². The van der Waals surface area contributed by atoms with Gasteiger partial charge in [0.05, 0.1) is 18.6 Å². The second-order valence-corrected chi connectivity index (χ2v) is 7.24. The van der Waals surface area contributed by atoms with Gasteiger partial charge in [0, 0.05) is 11.6 Å². The normalized spacial score (nSPS) is 18.4. The van der Waals surface area contributed by atoms with Crippen molar-refractivity contribution in [2.75, 3.05) is 5.75 Å². The quantitative estimate of drug-likeness (QED) is 0.857. The van der Waals surface area contributed by atoms with Crippen molar-refractivity contribution in [3.8, 4) is 0 Å². The predicted octanol–water partition coefficient (Wildman–Crippen LogP) is 3.58. The van der Waals surface area contributed by atoms with Crippen molar-refractivity contribution in [1.29, 1.82) is 0 Å². The number of nitrogens with zero attached hydrogens (tertiary/aromatic N) is 1. The molecule has 0 saturated carbocycles. The predicted molar refractivity (Wildman–Crippen MR) is 98.1 cm³/mol. The fourth-order valence-corrected chi connectivity index (χ4v) is 3.87. The minimum Gasteiger partial charge on any atom is -0.467 e. The van der Waals surface area contributed by atoms with Crippen LogP contribution in [0.4, 0.5) is 0 Å². The van der Waals surface area contributed by atoms with Crippen molar-refractivity contribution >= 4 is 23.6 Å². The van der Waals surface area contributed by atoms with Crippen molar-refractivity contribution in [1.82, 2.24) is 10.2 Å². The van der Waals surface area contributed by atoms with Crippen LogP contribution < -0.4 is 5.32 Å². The first kappa shape index (κ1) is 17.6. The Kier molecular flexibility index (Phi) is 5.48. The number of furan rings is 1. The molecule has 3 rings (SSSR count). The Morgan fingerprint density at radius 1 is 1.36 bits per heavy atom. The molecule has 6 heteroatoms. The Hall–Kier alpha value is -2.21. The highest BCUT2D eigenvalue weighted by Gasteiger charge is 2.33. The molecular formula is C19H22N2O3S. The summed E-state index contributed by atoms with van der Waals surface area (Å²) in [6.45, 7) is 4.48. The van der Waals surface area contributed by atoms with Gasteiger partial charge in [0.25, 0.3) is 5.91 Å². The van der Waals surface area contributed by atoms with Crippen molar-refractivity contribution in [3.05, 3.63) is 59.5 Å². The van der Waals surface area contributed by atoms with E-state index in [0.717, 1.165) is 17.7 Å². The molecule has 25 heavy (non-hydrogen) atoms. The number of carbonyl (C=O) groups is 2. The summed E-state index contributed by atoms with van der Waals surface area (Å²) < 4.78 is 5.37. The summed E-state index contributed by atoms with van der Waals surface area (Å²) in [6.07, 6.45) is 2.51. The molecule has 1 aliphatic rings. The molecular weight excluding hydrogens is 336 g/mol. The molecule has 0 spiro atoms. The smallest absolute Gasteiger partial charge is 0.251 e. The molecule has 1 N–H and O–H groups in total. The van der Waals surface area contributed by atoms with E-state index < -0.39 is 0 Å². The van der Waals surface area contributed by atoms with Gasteiger partial charge >= 0.3 is 0 Å². The van der Waals surface area contributed by atoms with Crippen molar-refractivity contribution in [2.24, 2.45) is 0 Å². The van der Waals surface area contributed by atoms with E-state index in [9.17, 15) is 9.59 Å². The maximum atomic E-state index is 12.2. The Morgan fingerprint density at radius 3 is 2.76 bits per heavy atom. The van der Waals surface area contributed by atoms with Gasteiger partial charge in [-0.05, 0) is 43.2 Å². The van der Waals surface area contributed by atoms with E-state index in [4.69, 9.17) is 4.42 Å². The molecule has 2 atom stereocenters. The third kappa shape index (κ3) is 4.07. The van der Waals surface area contributed by atoms with Crippen molar-refractivity contribution in [2.45, 2.75) is 38.2 Å². The largest absolute Gasteiger partial charge is 0.467 e. The van der Waals surface area contributed by atoms with Gasteiger partial charge in [-0.25, -0.2) is 0 Å². The maximum absolute atomic E-state index is 12.2. The number of carbonyl (C=O) groups excluding carboxylic acids is 2. The summed E-state index contributed by atoms with van der Waals surface area (Å²) in [4.78, 5) is 26.2. The molecule has 2 aromatic rings. The lowest BCUT2D eigenvalue weighted by Gasteiger charge is -2.23. The summed E-state index contributed by atoms with van der Waals surface area (Å²) in [6, 6.07) is 11.3. The fraction of sp³-hybridized carbons (Fsp3) is 0.368. The zero-order valence-electron chi connectivity index (χ0n) is 14.4. The summed E-state index contributed by atoms with van der Waals surface area (Å²) >= 11 is 1.60. The van der Waals surface area contributed by atoms with Gasteiger partial charge in [-0.2, -0.15) is 0 Å². The van der Waals surface area contributed by atoms with Gasteiger partial charge in [-0.15, -0.1) is 11.8 Å². The Labute approximate surface area is 151 Å². The molecule has 0 aliphatic carbocycles. The summed E-state index contributed by atoms with van der Waals surface area (Å²) in [5.41, 5.74) is 1.65. The summed E-state index contributed by atoms with van der Waals surface area (Å²) in [7, 11) is 0. The van der Waals surface area contributed by atoms with E-state index in [2.05, 4.69) is 5.32 Å². The van der Waals surface area contributed by atoms with Crippen LogP contribution in [0.25, 0.3) is 0 Å². The van der Waals surface area contributed by atoms with Crippen LogP contribution in [0.2, 0.25) is 0 Å². The Bertz CT molecular complexity index is 728. The van der Waals surface area contributed by atoms with Gasteiger partial charge in [-0.1, -0.05) is 19.1 Å². The molecule has 1 aromatic carbocycles. The van der Waals surface area contributed by atoms with Crippen LogP contribution in [0.3, 0.4) is 0 Å². The third-order valence-corrected chi connectivity index (χ3v) is 5.58. The first-order valence-electron chi connectivity index (χ1n) is 8.42. The lowest BCUT2D eigenvalue weighted by molar-refractivity contribution is -0.128. The number of hydrogen-bond acceptors (Lipinski definition) is 4. The average molecular weight is 358 g/mol. The molecule has 0 unspecified atom stereocenters. The minimum atomic E-state index is -0.0662. The van der Waals surface area contributed by atoms with E-state index in [1.54, 1.807) is 18.0 Å². The highest BCUT2D eigenvalue weighted by Crippen LogP contribution is 2.39. The van der Waals surface area contributed by atoms with E-state index in [0.29, 0.717) is 17.9 Å². The number of benzene rings is 1. The number of amides is 2. The number of hydrogen-bond donors (Lipinski definition) is 1. The van der Waals surface area contributed by atoms with Crippen LogP contribution in [-0.4, -0.2) is 28.5 Å². The van der Waals surface area contributed by atoms with Gasteiger partial charge in [0.2, 0.25) is 5.91 Å². The number of thioether (sulfide) groups is 1. The van der Waals surface area contributed by atoms with Crippen LogP contribution in [0.15, 0.2) is 47.1 Å². The first-order valence-corrected chi connectivity index (χ1v) is 9.47. The first-order chi connectivity index (χ1) is 12.1. The molecule has 1 fully saturated rings. The molecule has 1 aromatic heterocycles. The molecule has 2 amide bonds. The van der Waals surface area contributed by atoms with Crippen molar-refractivity contribution in [3.63, 3.8) is 0 Å². The van der Waals surface area contributed by atoms with Crippen LogP contribution >= 0.6 is 11.8 Å². The lowest BCUT2D eigenvalue weighted by Crippen LogP contribution is -2.32. The zero-order valence-corrected chi connectivity index (χ0v) is 15.2. The zero-order chi connectivity index (χ0) is 17.8. The lowest BCUT2D eigenvalue weighted by atomic mass is 10.1. The summed E-state index contributed by atoms with van der Waals surface area (Å²) in [5.74, 6) is 1.26. The maximum Gasteiger partial charge on any atom is 0.251 e. The molecule has 1 saturated heterocycles. The molecule has 1 aliphatic heterocycles. The average Bonchev–Trinajstić information content (AvgIpc) is 3.26. The molecule has 2 heterocycles. The van der Waals surface area contributed by atoms with Crippen molar-refractivity contribution < 1.29 is 14.0 Å². The van der Waals surface area contributed by atoms with Gasteiger partial charge in [0.1, 0.15) is 11.1 Å². The van der Waals surface area contributed by atoms with Gasteiger partial charge in [-0.3, -0.25) is 9.59 Å². The van der Waals surface area contributed by atoms with Gasteiger partial charge in [0.15, 0.2) is 0 Å². The molecule has 0 radical (unpaired) electrons. The molecule has 0 bridgehead atoms. The minimum absolute atomic E-state index is 0.0516. The highest BCUT2D eigenvalue weighted by atomic mass is 32.2. The Morgan fingerprint density at radius 2 is 2.12 bits per heavy atom.